The van der Waals surface area contributed by atoms with Crippen LogP contribution in [0.15, 0.2) is 5.38 Å². The molecule has 0 amide bonds. The first kappa shape index (κ1) is 14.9. The van der Waals surface area contributed by atoms with Crippen molar-refractivity contribution in [3.05, 3.63) is 16.1 Å². The second-order valence-electron chi connectivity index (χ2n) is 6.87. The zero-order chi connectivity index (χ0) is 14.3. The van der Waals surface area contributed by atoms with E-state index in [9.17, 15) is 0 Å². The first-order valence-corrected chi connectivity index (χ1v) is 8.08. The number of hydrogen-bond acceptors (Lipinski definition) is 4. The van der Waals surface area contributed by atoms with Crippen LogP contribution in [-0.2, 0) is 11.0 Å². The summed E-state index contributed by atoms with van der Waals surface area (Å²) in [6.07, 6.45) is 1.15. The average Bonchev–Trinajstić information content (AvgIpc) is 2.86. The van der Waals surface area contributed by atoms with Gasteiger partial charge in [0.1, 0.15) is 5.01 Å². The maximum atomic E-state index is 4.95. The molecule has 0 aromatic carbocycles. The molecule has 0 spiro atoms. The van der Waals surface area contributed by atoms with Gasteiger partial charge in [-0.05, 0) is 26.9 Å². The fourth-order valence-electron chi connectivity index (χ4n) is 2.84. The summed E-state index contributed by atoms with van der Waals surface area (Å²) < 4.78 is 0. The fourth-order valence-corrected chi connectivity index (χ4v) is 4.07. The number of rotatable bonds is 3. The number of nitrogens with one attached hydrogen (secondary N) is 1. The molecule has 3 nitrogen and oxygen atoms in total. The molecule has 2 heterocycles. The second-order valence-corrected chi connectivity index (χ2v) is 7.73. The highest BCUT2D eigenvalue weighted by Gasteiger charge is 2.43. The normalized spacial score (nSPS) is 29.1. The van der Waals surface area contributed by atoms with Crippen molar-refractivity contribution in [1.82, 2.24) is 15.2 Å². The van der Waals surface area contributed by atoms with E-state index in [2.05, 4.69) is 57.3 Å². The Morgan fingerprint density at radius 1 is 1.53 bits per heavy atom. The van der Waals surface area contributed by atoms with Crippen LogP contribution in [0.1, 0.15) is 51.7 Å². The summed E-state index contributed by atoms with van der Waals surface area (Å²) in [5.41, 5.74) is 1.40. The molecule has 0 aliphatic carbocycles. The van der Waals surface area contributed by atoms with Gasteiger partial charge in [-0.1, -0.05) is 27.7 Å². The molecule has 0 radical (unpaired) electrons. The van der Waals surface area contributed by atoms with Gasteiger partial charge < -0.3 is 10.2 Å². The number of likely N-dealkylation sites (tertiary alicyclic amines) is 1. The minimum Gasteiger partial charge on any atom is -0.305 e. The van der Waals surface area contributed by atoms with Gasteiger partial charge in [-0.15, -0.1) is 11.3 Å². The Morgan fingerprint density at radius 2 is 2.21 bits per heavy atom. The molecule has 1 aromatic heterocycles. The first-order valence-electron chi connectivity index (χ1n) is 7.20. The van der Waals surface area contributed by atoms with E-state index in [1.807, 2.05) is 11.3 Å². The summed E-state index contributed by atoms with van der Waals surface area (Å²) >= 11 is 1.82. The highest BCUT2D eigenvalue weighted by molar-refractivity contribution is 7.09. The van der Waals surface area contributed by atoms with Crippen molar-refractivity contribution in [3.8, 4) is 0 Å². The molecule has 1 fully saturated rings. The molecule has 0 saturated carbocycles. The molecule has 1 aliphatic heterocycles. The first-order chi connectivity index (χ1) is 8.78. The molecule has 1 N–H and O–H groups in total. The van der Waals surface area contributed by atoms with E-state index in [1.165, 1.54) is 10.7 Å². The number of aromatic nitrogens is 1. The molecular weight excluding hydrogens is 254 g/mol. The van der Waals surface area contributed by atoms with Crippen LogP contribution >= 0.6 is 11.3 Å². The Kier molecular flexibility index (Phi) is 4.05. The van der Waals surface area contributed by atoms with Crippen molar-refractivity contribution >= 4 is 11.3 Å². The van der Waals surface area contributed by atoms with E-state index in [-0.39, 0.29) is 11.0 Å². The molecule has 19 heavy (non-hydrogen) atoms. The van der Waals surface area contributed by atoms with Gasteiger partial charge in [-0.2, -0.15) is 0 Å². The molecule has 2 rings (SSSR count). The van der Waals surface area contributed by atoms with Gasteiger partial charge in [0.2, 0.25) is 0 Å². The molecule has 108 valence electrons. The number of likely N-dealkylation sites (N-methyl/N-ethyl adjacent to an activating group) is 2. The zero-order valence-corrected chi connectivity index (χ0v) is 13.9. The Bertz CT molecular complexity index is 423. The van der Waals surface area contributed by atoms with Crippen molar-refractivity contribution in [1.29, 1.82) is 0 Å². The predicted molar refractivity (Wildman–Crippen MR) is 82.9 cm³/mol. The number of nitrogens with zero attached hydrogens (tertiary/aromatic N) is 2. The molecule has 2 unspecified atom stereocenters. The van der Waals surface area contributed by atoms with Gasteiger partial charge in [-0.3, -0.25) is 0 Å². The molecule has 1 aliphatic rings. The highest BCUT2D eigenvalue weighted by Crippen LogP contribution is 2.38. The Labute approximate surface area is 121 Å². The van der Waals surface area contributed by atoms with E-state index in [1.54, 1.807) is 0 Å². The van der Waals surface area contributed by atoms with Gasteiger partial charge in [0.25, 0.3) is 0 Å². The smallest absolute Gasteiger partial charge is 0.114 e. The van der Waals surface area contributed by atoms with Gasteiger partial charge in [0.15, 0.2) is 0 Å². The maximum absolute atomic E-state index is 4.95. The summed E-state index contributed by atoms with van der Waals surface area (Å²) in [6.45, 7) is 13.2. The summed E-state index contributed by atoms with van der Waals surface area (Å²) in [5, 5.41) is 7.20. The van der Waals surface area contributed by atoms with Gasteiger partial charge >= 0.3 is 0 Å². The van der Waals surface area contributed by atoms with Crippen molar-refractivity contribution < 1.29 is 0 Å². The van der Waals surface area contributed by atoms with E-state index in [0.717, 1.165) is 19.5 Å². The van der Waals surface area contributed by atoms with Crippen LogP contribution < -0.4 is 5.32 Å². The predicted octanol–water partition coefficient (Wildman–Crippen LogP) is 2.97. The summed E-state index contributed by atoms with van der Waals surface area (Å²) in [4.78, 5) is 7.38. The average molecular weight is 281 g/mol. The van der Waals surface area contributed by atoms with Crippen LogP contribution in [0.25, 0.3) is 0 Å². The van der Waals surface area contributed by atoms with Gasteiger partial charge in [0.05, 0.1) is 11.2 Å². The van der Waals surface area contributed by atoms with Crippen molar-refractivity contribution in [2.24, 2.45) is 0 Å². The Hall–Kier alpha value is -0.450. The van der Waals surface area contributed by atoms with E-state index in [4.69, 9.17) is 4.98 Å². The SMILES string of the molecule is CCNC1(c2nc(C(C)(C)C)cs2)CC(C)N(C)C1. The van der Waals surface area contributed by atoms with E-state index < -0.39 is 0 Å². The third-order valence-corrected chi connectivity index (χ3v) is 5.16. The van der Waals surface area contributed by atoms with Crippen LogP contribution in [0.2, 0.25) is 0 Å². The lowest BCUT2D eigenvalue weighted by atomic mass is 9.92. The Balaban J connectivity index is 2.33. The Morgan fingerprint density at radius 3 is 2.63 bits per heavy atom. The standard InChI is InChI=1S/C15H27N3S/c1-7-16-15(8-11(2)18(6)10-15)13-17-12(9-19-13)14(3,4)5/h9,11,16H,7-8,10H2,1-6H3. The summed E-state index contributed by atoms with van der Waals surface area (Å²) in [7, 11) is 2.21. The maximum Gasteiger partial charge on any atom is 0.114 e. The molecule has 1 saturated heterocycles. The van der Waals surface area contributed by atoms with Crippen LogP contribution in [0.4, 0.5) is 0 Å². The van der Waals surface area contributed by atoms with Crippen molar-refractivity contribution in [2.45, 2.75) is 58.0 Å². The van der Waals surface area contributed by atoms with Gasteiger partial charge in [0, 0.05) is 23.4 Å². The molecule has 2 atom stereocenters. The minimum atomic E-state index is 0.0527. The zero-order valence-electron chi connectivity index (χ0n) is 13.1. The lowest BCUT2D eigenvalue weighted by molar-refractivity contribution is 0.301. The van der Waals surface area contributed by atoms with E-state index in [0.29, 0.717) is 6.04 Å². The van der Waals surface area contributed by atoms with Crippen molar-refractivity contribution in [2.75, 3.05) is 20.1 Å². The highest BCUT2D eigenvalue weighted by atomic mass is 32.1. The largest absolute Gasteiger partial charge is 0.305 e. The second kappa shape index (κ2) is 5.15. The lowest BCUT2D eigenvalue weighted by Crippen LogP contribution is -2.44. The van der Waals surface area contributed by atoms with Crippen LogP contribution in [0.5, 0.6) is 0 Å². The molecule has 4 heteroatoms. The fraction of sp³-hybridized carbons (Fsp3) is 0.800. The molecule has 0 bridgehead atoms. The van der Waals surface area contributed by atoms with Crippen LogP contribution in [0, 0.1) is 0 Å². The lowest BCUT2D eigenvalue weighted by Gasteiger charge is -2.28. The van der Waals surface area contributed by atoms with Crippen LogP contribution in [0.3, 0.4) is 0 Å². The monoisotopic (exact) mass is 281 g/mol. The van der Waals surface area contributed by atoms with Crippen molar-refractivity contribution in [3.63, 3.8) is 0 Å². The summed E-state index contributed by atoms with van der Waals surface area (Å²) in [6, 6.07) is 0.612. The quantitative estimate of drug-likeness (QED) is 0.923. The van der Waals surface area contributed by atoms with E-state index >= 15 is 0 Å². The summed E-state index contributed by atoms with van der Waals surface area (Å²) in [5.74, 6) is 0. The van der Waals surface area contributed by atoms with Gasteiger partial charge in [-0.25, -0.2) is 4.98 Å². The molecule has 1 aromatic rings. The number of hydrogen-bond donors (Lipinski definition) is 1. The third-order valence-electron chi connectivity index (χ3n) is 4.11. The topological polar surface area (TPSA) is 28.2 Å². The molecular formula is C15H27N3S. The third kappa shape index (κ3) is 2.86. The number of thiazole rings is 1. The van der Waals surface area contributed by atoms with Crippen LogP contribution in [-0.4, -0.2) is 36.1 Å². The minimum absolute atomic E-state index is 0.0527.